The first kappa shape index (κ1) is 23.3. The molecule has 33 heavy (non-hydrogen) atoms. The van der Waals surface area contributed by atoms with E-state index < -0.39 is 11.7 Å². The Bertz CT molecular complexity index is 1150. The minimum absolute atomic E-state index is 0.109. The van der Waals surface area contributed by atoms with Gasteiger partial charge in [0.05, 0.1) is 35.6 Å². The Balaban J connectivity index is 1.86. The van der Waals surface area contributed by atoms with E-state index in [0.29, 0.717) is 24.0 Å². The van der Waals surface area contributed by atoms with Gasteiger partial charge >= 0.3 is 6.18 Å². The molecule has 5 nitrogen and oxygen atoms in total. The summed E-state index contributed by atoms with van der Waals surface area (Å²) in [5.41, 5.74) is 2.58. The summed E-state index contributed by atoms with van der Waals surface area (Å²) in [5, 5.41) is 3.92. The summed E-state index contributed by atoms with van der Waals surface area (Å²) in [7, 11) is 1.62. The largest absolute Gasteiger partial charge is 0.418 e. The van der Waals surface area contributed by atoms with Crippen molar-refractivity contribution in [3.05, 3.63) is 82.9 Å². The van der Waals surface area contributed by atoms with E-state index in [1.54, 1.807) is 23.9 Å². The Morgan fingerprint density at radius 1 is 1.12 bits per heavy atom. The number of hydrogen-bond acceptors (Lipinski definition) is 3. The lowest BCUT2D eigenvalue weighted by Gasteiger charge is -2.28. The number of methoxy groups -OCH3 is 1. The van der Waals surface area contributed by atoms with Crippen LogP contribution in [0.4, 0.5) is 13.2 Å². The fourth-order valence-electron chi connectivity index (χ4n) is 4.54. The second-order valence-electron chi connectivity index (χ2n) is 7.99. The molecule has 1 N–H and O–H groups in total. The number of para-hydroxylation sites is 1. The third-order valence-corrected chi connectivity index (χ3v) is 6.33. The van der Waals surface area contributed by atoms with Crippen molar-refractivity contribution in [3.8, 4) is 5.69 Å². The summed E-state index contributed by atoms with van der Waals surface area (Å²) in [4.78, 5) is 6.54. The number of aryl methyl sites for hydroxylation is 1. The highest BCUT2D eigenvalue weighted by atomic mass is 32.1. The van der Waals surface area contributed by atoms with Crippen molar-refractivity contribution in [1.82, 2.24) is 19.8 Å². The maximum absolute atomic E-state index is 13.8. The predicted molar refractivity (Wildman–Crippen MR) is 124 cm³/mol. The number of hydrogen-bond donors (Lipinski definition) is 1. The zero-order valence-electron chi connectivity index (χ0n) is 18.6. The fraction of sp³-hybridized carbons (Fsp3) is 0.333. The van der Waals surface area contributed by atoms with E-state index in [4.69, 9.17) is 17.0 Å². The van der Waals surface area contributed by atoms with Crippen LogP contribution in [-0.2, 0) is 10.9 Å². The number of pyridine rings is 1. The predicted octanol–water partition coefficient (Wildman–Crippen LogP) is 5.13. The zero-order valence-corrected chi connectivity index (χ0v) is 19.4. The molecule has 1 aromatic carbocycles. The number of thiocarbonyl (C=S) groups is 1. The van der Waals surface area contributed by atoms with E-state index in [2.05, 4.69) is 10.3 Å². The number of nitrogens with one attached hydrogen (secondary N) is 1. The summed E-state index contributed by atoms with van der Waals surface area (Å²) in [5.74, 6) is 0. The van der Waals surface area contributed by atoms with E-state index in [-0.39, 0.29) is 17.8 Å². The molecular weight excluding hydrogens is 449 g/mol. The molecule has 9 heteroatoms. The first-order valence-corrected chi connectivity index (χ1v) is 11.0. The SMILES string of the molecule is COCCN1C(=S)NC(c2ccccn2)C1c1cc(C)n(-c2ccccc2C(F)(F)F)c1C. The van der Waals surface area contributed by atoms with Gasteiger partial charge in [0.2, 0.25) is 0 Å². The molecule has 2 unspecified atom stereocenters. The average Bonchev–Trinajstić information content (AvgIpc) is 3.27. The maximum Gasteiger partial charge on any atom is 0.418 e. The quantitative estimate of drug-likeness (QED) is 0.502. The van der Waals surface area contributed by atoms with Crippen LogP contribution in [0.3, 0.4) is 0 Å². The van der Waals surface area contributed by atoms with Crippen molar-refractivity contribution >= 4 is 17.3 Å². The van der Waals surface area contributed by atoms with Crippen molar-refractivity contribution in [2.45, 2.75) is 32.1 Å². The molecule has 1 fully saturated rings. The Labute approximate surface area is 196 Å². The van der Waals surface area contributed by atoms with Crippen molar-refractivity contribution in [3.63, 3.8) is 0 Å². The Kier molecular flexibility index (Phi) is 6.45. The van der Waals surface area contributed by atoms with Crippen molar-refractivity contribution < 1.29 is 17.9 Å². The molecule has 3 heterocycles. The molecule has 174 valence electrons. The Morgan fingerprint density at radius 3 is 2.52 bits per heavy atom. The molecule has 0 amide bonds. The first-order valence-electron chi connectivity index (χ1n) is 10.6. The highest BCUT2D eigenvalue weighted by Gasteiger charge is 2.41. The minimum Gasteiger partial charge on any atom is -0.383 e. The Morgan fingerprint density at radius 2 is 1.85 bits per heavy atom. The highest BCUT2D eigenvalue weighted by molar-refractivity contribution is 7.80. The molecule has 2 aromatic heterocycles. The van der Waals surface area contributed by atoms with Crippen molar-refractivity contribution in [1.29, 1.82) is 0 Å². The molecule has 1 aliphatic heterocycles. The molecule has 4 rings (SSSR count). The molecule has 0 aliphatic carbocycles. The van der Waals surface area contributed by atoms with E-state index in [0.717, 1.165) is 23.0 Å². The second kappa shape index (κ2) is 9.15. The van der Waals surface area contributed by atoms with Crippen LogP contribution < -0.4 is 5.32 Å². The molecule has 1 saturated heterocycles. The number of halogens is 3. The second-order valence-corrected chi connectivity index (χ2v) is 8.38. The normalized spacial score (nSPS) is 18.6. The summed E-state index contributed by atoms with van der Waals surface area (Å²) < 4.78 is 48.3. The van der Waals surface area contributed by atoms with Gasteiger partial charge in [-0.05, 0) is 62.0 Å². The molecule has 0 saturated carbocycles. The van der Waals surface area contributed by atoms with Crippen LogP contribution in [0.2, 0.25) is 0 Å². The van der Waals surface area contributed by atoms with Crippen LogP contribution in [0, 0.1) is 13.8 Å². The van der Waals surface area contributed by atoms with Gasteiger partial charge in [-0.1, -0.05) is 18.2 Å². The number of ether oxygens (including phenoxy) is 1. The van der Waals surface area contributed by atoms with Gasteiger partial charge in [-0.25, -0.2) is 0 Å². The van der Waals surface area contributed by atoms with Crippen LogP contribution in [-0.4, -0.2) is 39.8 Å². The average molecular weight is 475 g/mol. The number of rotatable bonds is 6. The van der Waals surface area contributed by atoms with Gasteiger partial charge in [0, 0.05) is 31.2 Å². The molecule has 1 aliphatic rings. The monoisotopic (exact) mass is 474 g/mol. The molecular formula is C24H25F3N4OS. The van der Waals surface area contributed by atoms with Gasteiger partial charge in [0.1, 0.15) is 0 Å². The first-order chi connectivity index (χ1) is 15.7. The van der Waals surface area contributed by atoms with Crippen LogP contribution in [0.25, 0.3) is 5.69 Å². The summed E-state index contributed by atoms with van der Waals surface area (Å²) in [6, 6.07) is 12.8. The number of alkyl halides is 3. The topological polar surface area (TPSA) is 42.3 Å². The number of aromatic nitrogens is 2. The maximum atomic E-state index is 13.8. The molecule has 0 bridgehead atoms. The summed E-state index contributed by atoms with van der Waals surface area (Å²) >= 11 is 5.63. The van der Waals surface area contributed by atoms with E-state index >= 15 is 0 Å². The zero-order chi connectivity index (χ0) is 23.8. The molecule has 0 spiro atoms. The van der Waals surface area contributed by atoms with E-state index in [1.807, 2.05) is 43.0 Å². The van der Waals surface area contributed by atoms with Crippen LogP contribution >= 0.6 is 12.2 Å². The lowest BCUT2D eigenvalue weighted by molar-refractivity contribution is -0.137. The number of nitrogens with zero attached hydrogens (tertiary/aromatic N) is 3. The smallest absolute Gasteiger partial charge is 0.383 e. The standard InChI is InChI=1S/C24H25F3N4OS/c1-15-14-17(16(2)31(15)20-10-5-4-8-18(20)24(25,26)27)22-21(19-9-6-7-11-28-19)29-23(33)30(22)12-13-32-3/h4-11,14,21-22H,12-13H2,1-3H3,(H,29,33). The lowest BCUT2D eigenvalue weighted by Crippen LogP contribution is -2.32. The lowest BCUT2D eigenvalue weighted by atomic mass is 9.97. The molecule has 2 atom stereocenters. The third-order valence-electron chi connectivity index (χ3n) is 5.97. The van der Waals surface area contributed by atoms with Crippen LogP contribution in [0.15, 0.2) is 54.7 Å². The Hall–Kier alpha value is -2.91. The van der Waals surface area contributed by atoms with Crippen LogP contribution in [0.5, 0.6) is 0 Å². The summed E-state index contributed by atoms with van der Waals surface area (Å²) in [6.45, 7) is 4.67. The molecule has 0 radical (unpaired) electrons. The van der Waals surface area contributed by atoms with E-state index in [9.17, 15) is 13.2 Å². The van der Waals surface area contributed by atoms with Gasteiger partial charge in [-0.2, -0.15) is 13.2 Å². The fourth-order valence-corrected chi connectivity index (χ4v) is 4.87. The van der Waals surface area contributed by atoms with Crippen molar-refractivity contribution in [2.24, 2.45) is 0 Å². The highest BCUT2D eigenvalue weighted by Crippen LogP contribution is 2.42. The molecule has 3 aromatic rings. The van der Waals surface area contributed by atoms with Gasteiger partial charge in [0.15, 0.2) is 5.11 Å². The van der Waals surface area contributed by atoms with E-state index in [1.165, 1.54) is 12.1 Å². The van der Waals surface area contributed by atoms with Crippen LogP contribution in [0.1, 0.15) is 40.3 Å². The van der Waals surface area contributed by atoms with Gasteiger partial charge < -0.3 is 19.5 Å². The van der Waals surface area contributed by atoms with Crippen molar-refractivity contribution in [2.75, 3.05) is 20.3 Å². The third kappa shape index (κ3) is 4.35. The summed E-state index contributed by atoms with van der Waals surface area (Å²) in [6.07, 6.45) is -2.74. The van der Waals surface area contributed by atoms with Gasteiger partial charge in [0.25, 0.3) is 0 Å². The van der Waals surface area contributed by atoms with Gasteiger partial charge in [-0.3, -0.25) is 4.98 Å². The van der Waals surface area contributed by atoms with Gasteiger partial charge in [-0.15, -0.1) is 0 Å². The number of benzene rings is 1. The minimum atomic E-state index is -4.46.